The number of aliphatic hydroxyl groups excluding tert-OH is 1. The Morgan fingerprint density at radius 2 is 1.79 bits per heavy atom. The van der Waals surface area contributed by atoms with Crippen LogP contribution in [0, 0.1) is 0 Å². The summed E-state index contributed by atoms with van der Waals surface area (Å²) in [6.07, 6.45) is 1.48. The van der Waals surface area contributed by atoms with E-state index >= 15 is 0 Å². The Kier molecular flexibility index (Phi) is 6.48. The van der Waals surface area contributed by atoms with Gasteiger partial charge in [-0.15, -0.1) is 0 Å². The van der Waals surface area contributed by atoms with Crippen molar-refractivity contribution >= 4 is 21.6 Å². The van der Waals surface area contributed by atoms with E-state index in [0.717, 1.165) is 35.7 Å². The Morgan fingerprint density at radius 1 is 1.09 bits per heavy atom. The van der Waals surface area contributed by atoms with Crippen LogP contribution < -0.4 is 11.1 Å². The van der Waals surface area contributed by atoms with Crippen LogP contribution in [0.4, 0.5) is 5.69 Å². The molecule has 2 aliphatic rings. The van der Waals surface area contributed by atoms with Crippen molar-refractivity contribution in [2.45, 2.75) is 42.9 Å². The first kappa shape index (κ1) is 23.3. The van der Waals surface area contributed by atoms with E-state index in [9.17, 15) is 23.4 Å². The van der Waals surface area contributed by atoms with E-state index in [1.807, 2.05) is 18.2 Å². The van der Waals surface area contributed by atoms with Gasteiger partial charge in [0.25, 0.3) is 0 Å². The normalized spacial score (nSPS) is 18.2. The third kappa shape index (κ3) is 4.76. The van der Waals surface area contributed by atoms with Gasteiger partial charge in [-0.3, -0.25) is 4.79 Å². The number of aromatic hydroxyl groups is 2. The van der Waals surface area contributed by atoms with E-state index in [1.165, 1.54) is 16.4 Å². The van der Waals surface area contributed by atoms with Crippen molar-refractivity contribution in [1.29, 1.82) is 0 Å². The lowest BCUT2D eigenvalue weighted by molar-refractivity contribution is -0.134. The van der Waals surface area contributed by atoms with Crippen molar-refractivity contribution in [2.75, 3.05) is 25.0 Å². The lowest BCUT2D eigenvalue weighted by Crippen LogP contribution is -2.50. The molecule has 2 aliphatic heterocycles. The zero-order valence-electron chi connectivity index (χ0n) is 18.0. The summed E-state index contributed by atoms with van der Waals surface area (Å²) >= 11 is 0. The van der Waals surface area contributed by atoms with Gasteiger partial charge in [0.05, 0.1) is 6.61 Å². The fourth-order valence-corrected chi connectivity index (χ4v) is 5.74. The van der Waals surface area contributed by atoms with Crippen LogP contribution >= 0.6 is 0 Å². The summed E-state index contributed by atoms with van der Waals surface area (Å²) in [5, 5.41) is 32.0. The maximum absolute atomic E-state index is 13.0. The van der Waals surface area contributed by atoms with Crippen molar-refractivity contribution in [1.82, 2.24) is 9.21 Å². The van der Waals surface area contributed by atoms with Crippen molar-refractivity contribution in [3.8, 4) is 11.5 Å². The summed E-state index contributed by atoms with van der Waals surface area (Å²) in [4.78, 5) is 13.5. The third-order valence-electron chi connectivity index (χ3n) is 6.15. The monoisotopic (exact) mass is 476 g/mol. The first-order chi connectivity index (χ1) is 15.7. The Hall–Kier alpha value is -2.86. The standard InChI is InChI=1S/C22H28N4O6S/c23-19(13-27)22(30)25-7-5-16(6-8-25)24-17-2-1-14-11-26(12-15(14)9-17)33(31,32)21-4-3-18(28)10-20(21)29/h1-4,9-10,16,19,24,27-29H,5-8,11-13,23H2/t19-/m0/s1. The van der Waals surface area contributed by atoms with Crippen LogP contribution in [0.1, 0.15) is 24.0 Å². The zero-order valence-corrected chi connectivity index (χ0v) is 18.8. The number of aliphatic hydroxyl groups is 1. The number of carbonyl (C=O) groups excluding carboxylic acids is 1. The number of nitrogens with two attached hydrogens (primary N) is 1. The van der Waals surface area contributed by atoms with E-state index in [0.29, 0.717) is 13.1 Å². The molecule has 4 rings (SSSR count). The van der Waals surface area contributed by atoms with Crippen LogP contribution in [0.2, 0.25) is 0 Å². The molecule has 1 amide bonds. The summed E-state index contributed by atoms with van der Waals surface area (Å²) in [6.45, 7) is 1.11. The number of phenols is 2. The number of benzene rings is 2. The average molecular weight is 477 g/mol. The van der Waals surface area contributed by atoms with Gasteiger partial charge in [0.1, 0.15) is 22.4 Å². The molecule has 0 aromatic heterocycles. The summed E-state index contributed by atoms with van der Waals surface area (Å²) in [5.74, 6) is -0.939. The number of nitrogens with zero attached hydrogens (tertiary/aromatic N) is 2. The number of nitrogens with one attached hydrogen (secondary N) is 1. The van der Waals surface area contributed by atoms with Gasteiger partial charge in [-0.2, -0.15) is 4.31 Å². The SMILES string of the molecule is N[C@@H](CO)C(=O)N1CCC(Nc2ccc3c(c2)CN(S(=O)(=O)c2ccc(O)cc2O)C3)CC1. The number of likely N-dealkylation sites (tertiary alicyclic amines) is 1. The van der Waals surface area contributed by atoms with Crippen LogP contribution in [0.25, 0.3) is 0 Å². The van der Waals surface area contributed by atoms with Gasteiger partial charge in [0.2, 0.25) is 15.9 Å². The molecular weight excluding hydrogens is 448 g/mol. The third-order valence-corrected chi connectivity index (χ3v) is 7.99. The van der Waals surface area contributed by atoms with Gasteiger partial charge in [-0.05, 0) is 48.2 Å². The van der Waals surface area contributed by atoms with Crippen LogP contribution in [0.15, 0.2) is 41.3 Å². The average Bonchev–Trinajstić information content (AvgIpc) is 3.23. The van der Waals surface area contributed by atoms with Crippen LogP contribution in [-0.2, 0) is 27.9 Å². The highest BCUT2D eigenvalue weighted by molar-refractivity contribution is 7.89. The number of sulfonamides is 1. The smallest absolute Gasteiger partial charge is 0.247 e. The number of amides is 1. The fraction of sp³-hybridized carbons (Fsp3) is 0.409. The molecule has 178 valence electrons. The van der Waals surface area contributed by atoms with Crippen LogP contribution in [0.5, 0.6) is 11.5 Å². The number of carbonyl (C=O) groups is 1. The minimum Gasteiger partial charge on any atom is -0.508 e. The van der Waals surface area contributed by atoms with Crippen molar-refractivity contribution in [3.63, 3.8) is 0 Å². The van der Waals surface area contributed by atoms with Crippen molar-refractivity contribution in [3.05, 3.63) is 47.5 Å². The van der Waals surface area contributed by atoms with Gasteiger partial charge >= 0.3 is 0 Å². The molecule has 1 saturated heterocycles. The molecule has 2 heterocycles. The zero-order chi connectivity index (χ0) is 23.8. The highest BCUT2D eigenvalue weighted by Crippen LogP contribution is 2.35. The van der Waals surface area contributed by atoms with E-state index < -0.39 is 21.8 Å². The predicted octanol–water partition coefficient (Wildman–Crippen LogP) is 0.525. The van der Waals surface area contributed by atoms with Crippen molar-refractivity contribution < 1.29 is 28.5 Å². The molecular formula is C22H28N4O6S. The molecule has 0 spiro atoms. The second-order valence-corrected chi connectivity index (χ2v) is 10.3. The summed E-state index contributed by atoms with van der Waals surface area (Å²) in [7, 11) is -3.93. The van der Waals surface area contributed by atoms with Crippen molar-refractivity contribution in [2.24, 2.45) is 5.73 Å². The fourth-order valence-electron chi connectivity index (χ4n) is 4.28. The van der Waals surface area contributed by atoms with E-state index in [-0.39, 0.29) is 42.3 Å². The van der Waals surface area contributed by atoms with E-state index in [2.05, 4.69) is 5.32 Å². The highest BCUT2D eigenvalue weighted by atomic mass is 32.2. The first-order valence-electron chi connectivity index (χ1n) is 10.7. The Labute approximate surface area is 192 Å². The summed E-state index contributed by atoms with van der Waals surface area (Å²) in [5.41, 5.74) is 8.26. The molecule has 0 bridgehead atoms. The second-order valence-electron chi connectivity index (χ2n) is 8.44. The van der Waals surface area contributed by atoms with Crippen LogP contribution in [-0.4, -0.2) is 70.6 Å². The van der Waals surface area contributed by atoms with Gasteiger partial charge < -0.3 is 31.3 Å². The highest BCUT2D eigenvalue weighted by Gasteiger charge is 2.33. The number of hydrogen-bond acceptors (Lipinski definition) is 8. The van der Waals surface area contributed by atoms with E-state index in [1.54, 1.807) is 4.90 Å². The second kappa shape index (κ2) is 9.18. The largest absolute Gasteiger partial charge is 0.508 e. The number of hydrogen-bond donors (Lipinski definition) is 5. The summed E-state index contributed by atoms with van der Waals surface area (Å²) < 4.78 is 27.3. The maximum atomic E-state index is 13.0. The molecule has 2 aromatic carbocycles. The lowest BCUT2D eigenvalue weighted by Gasteiger charge is -2.34. The Morgan fingerprint density at radius 3 is 2.45 bits per heavy atom. The summed E-state index contributed by atoms with van der Waals surface area (Å²) in [6, 6.07) is 8.44. The molecule has 0 aliphatic carbocycles. The van der Waals surface area contributed by atoms with Gasteiger partial charge in [-0.1, -0.05) is 6.07 Å². The van der Waals surface area contributed by atoms with E-state index in [4.69, 9.17) is 10.8 Å². The molecule has 1 atom stereocenters. The van der Waals surface area contributed by atoms with Gasteiger partial charge in [-0.25, -0.2) is 8.42 Å². The topological polar surface area (TPSA) is 156 Å². The molecule has 0 radical (unpaired) electrons. The number of rotatable bonds is 6. The molecule has 33 heavy (non-hydrogen) atoms. The van der Waals surface area contributed by atoms with Crippen LogP contribution in [0.3, 0.4) is 0 Å². The molecule has 2 aromatic rings. The predicted molar refractivity (Wildman–Crippen MR) is 121 cm³/mol. The molecule has 11 heteroatoms. The van der Waals surface area contributed by atoms with Gasteiger partial charge in [0, 0.05) is 44.0 Å². The number of phenolic OH excluding ortho intramolecular Hbond substituents is 2. The van der Waals surface area contributed by atoms with Gasteiger partial charge in [0.15, 0.2) is 0 Å². The molecule has 10 nitrogen and oxygen atoms in total. The molecule has 0 saturated carbocycles. The molecule has 6 N–H and O–H groups in total. The Bertz CT molecular complexity index is 1150. The first-order valence-corrected chi connectivity index (χ1v) is 12.2. The molecule has 1 fully saturated rings. The molecule has 0 unspecified atom stereocenters. The number of piperidine rings is 1. The minimum absolute atomic E-state index is 0.160. The minimum atomic E-state index is -3.93. The Balaban J connectivity index is 1.40. The number of fused-ring (bicyclic) bond motifs is 1. The quantitative estimate of drug-likeness (QED) is 0.404. The number of anilines is 1. The maximum Gasteiger partial charge on any atom is 0.247 e. The lowest BCUT2D eigenvalue weighted by atomic mass is 10.0.